The second-order valence-corrected chi connectivity index (χ2v) is 17.1. The predicted octanol–water partition coefficient (Wildman–Crippen LogP) is 15.1. The molecule has 0 bridgehead atoms. The van der Waals surface area contributed by atoms with Crippen LogP contribution in [0.4, 0.5) is 0 Å². The highest BCUT2D eigenvalue weighted by Crippen LogP contribution is 2.42. The van der Waals surface area contributed by atoms with Crippen molar-refractivity contribution in [3.8, 4) is 56.7 Å². The molecule has 0 fully saturated rings. The Morgan fingerprint density at radius 2 is 0.825 bits per heavy atom. The summed E-state index contributed by atoms with van der Waals surface area (Å²) in [5.41, 5.74) is 11.7. The zero-order valence-corrected chi connectivity index (χ0v) is 34.7. The first kappa shape index (κ1) is 35.6. The number of nitrogens with zero attached hydrogens (tertiary/aromatic N) is 5. The number of hydrogen-bond donors (Lipinski definition) is 0. The van der Waals surface area contributed by atoms with E-state index in [0.717, 1.165) is 50.2 Å². The van der Waals surface area contributed by atoms with E-state index in [4.69, 9.17) is 15.0 Å². The molecule has 0 N–H and O–H groups in total. The van der Waals surface area contributed by atoms with Crippen molar-refractivity contribution in [1.29, 1.82) is 0 Å². The van der Waals surface area contributed by atoms with Crippen LogP contribution in [0.25, 0.3) is 120 Å². The highest BCUT2D eigenvalue weighted by Gasteiger charge is 2.21. The summed E-state index contributed by atoms with van der Waals surface area (Å²) in [6, 6.07) is 75.7. The van der Waals surface area contributed by atoms with Gasteiger partial charge in [0, 0.05) is 64.1 Å². The Morgan fingerprint density at radius 1 is 0.302 bits per heavy atom. The van der Waals surface area contributed by atoms with Crippen LogP contribution >= 0.6 is 11.3 Å². The van der Waals surface area contributed by atoms with Gasteiger partial charge in [-0.05, 0) is 71.8 Å². The lowest BCUT2D eigenvalue weighted by Gasteiger charge is -2.15. The molecule has 294 valence electrons. The molecule has 0 spiro atoms. The quantitative estimate of drug-likeness (QED) is 0.168. The van der Waals surface area contributed by atoms with Crippen molar-refractivity contribution in [3.63, 3.8) is 0 Å². The second kappa shape index (κ2) is 14.2. The highest BCUT2D eigenvalue weighted by atomic mass is 32.1. The predicted molar refractivity (Wildman–Crippen MR) is 263 cm³/mol. The van der Waals surface area contributed by atoms with E-state index < -0.39 is 0 Å². The van der Waals surface area contributed by atoms with Gasteiger partial charge in [-0.3, -0.25) is 0 Å². The van der Waals surface area contributed by atoms with Gasteiger partial charge in [0.25, 0.3) is 0 Å². The van der Waals surface area contributed by atoms with Crippen LogP contribution in [0, 0.1) is 0 Å². The topological polar surface area (TPSA) is 48.5 Å². The minimum absolute atomic E-state index is 0.612. The summed E-state index contributed by atoms with van der Waals surface area (Å²) >= 11 is 1.80. The van der Waals surface area contributed by atoms with Crippen molar-refractivity contribution in [1.82, 2.24) is 24.1 Å². The molecule has 6 heteroatoms. The largest absolute Gasteiger partial charge is 0.309 e. The lowest BCUT2D eigenvalue weighted by atomic mass is 10.0. The highest BCUT2D eigenvalue weighted by molar-refractivity contribution is 7.25. The van der Waals surface area contributed by atoms with Crippen molar-refractivity contribution in [3.05, 3.63) is 212 Å². The molecule has 4 aromatic heterocycles. The van der Waals surface area contributed by atoms with Crippen LogP contribution in [-0.2, 0) is 0 Å². The minimum atomic E-state index is 0.612. The summed E-state index contributed by atoms with van der Waals surface area (Å²) in [6.07, 6.45) is 0. The zero-order valence-electron chi connectivity index (χ0n) is 33.9. The Bertz CT molecular complexity index is 3860. The van der Waals surface area contributed by atoms with E-state index in [9.17, 15) is 0 Å². The maximum Gasteiger partial charge on any atom is 0.164 e. The Balaban J connectivity index is 1.07. The van der Waals surface area contributed by atoms with Crippen LogP contribution in [-0.4, -0.2) is 24.1 Å². The SMILES string of the molecule is c1ccc(-c2cc(-c3nc(-c4ccccc4)nc(-c4ccc5c(c4)sc4ccccc45)n3)cc(-n3c4ccccc4c4c(-n5c6ccccc6c6ccccc65)cccc43)c2)cc1. The molecule has 13 rings (SSSR count). The van der Waals surface area contributed by atoms with Crippen molar-refractivity contribution in [2.45, 2.75) is 0 Å². The van der Waals surface area contributed by atoms with Gasteiger partial charge >= 0.3 is 0 Å². The zero-order chi connectivity index (χ0) is 41.4. The molecule has 0 amide bonds. The lowest BCUT2D eigenvalue weighted by molar-refractivity contribution is 1.07. The number of benzene rings is 9. The first-order valence-electron chi connectivity index (χ1n) is 21.2. The third kappa shape index (κ3) is 5.73. The molecule has 0 unspecified atom stereocenters. The van der Waals surface area contributed by atoms with Crippen molar-refractivity contribution in [2.75, 3.05) is 0 Å². The molecular formula is C57H35N5S. The third-order valence-corrected chi connectivity index (χ3v) is 13.5. The Labute approximate surface area is 366 Å². The van der Waals surface area contributed by atoms with Crippen LogP contribution in [0.3, 0.4) is 0 Å². The standard InChI is InChI=1S/C57H35N5S/c1-3-16-36(17-4-1)39-32-40(57-59-55(37-18-5-2-6-19-37)58-56(60-57)38-30-31-45-44-22-10-14-29-52(44)63-53(45)35-38)34-41(33-39)61-49-26-13-9-23-46(49)54-50(61)27-15-28-51(54)62-47-24-11-7-20-42(47)43-21-8-12-25-48(43)62/h1-35H. The van der Waals surface area contributed by atoms with Crippen molar-refractivity contribution in [2.24, 2.45) is 0 Å². The number of thiophene rings is 1. The van der Waals surface area contributed by atoms with Gasteiger partial charge in [0.15, 0.2) is 17.5 Å². The molecule has 0 saturated heterocycles. The number of aromatic nitrogens is 5. The van der Waals surface area contributed by atoms with Gasteiger partial charge in [-0.25, -0.2) is 15.0 Å². The van der Waals surface area contributed by atoms with Gasteiger partial charge < -0.3 is 9.13 Å². The molecule has 0 aliphatic rings. The summed E-state index contributed by atoms with van der Waals surface area (Å²) in [5.74, 6) is 1.88. The van der Waals surface area contributed by atoms with E-state index in [-0.39, 0.29) is 0 Å². The van der Waals surface area contributed by atoms with Crippen LogP contribution in [0.1, 0.15) is 0 Å². The smallest absolute Gasteiger partial charge is 0.164 e. The number of hydrogen-bond acceptors (Lipinski definition) is 4. The van der Waals surface area contributed by atoms with Gasteiger partial charge in [0.1, 0.15) is 0 Å². The van der Waals surface area contributed by atoms with E-state index in [1.165, 1.54) is 52.8 Å². The van der Waals surface area contributed by atoms with Crippen LogP contribution in [0.5, 0.6) is 0 Å². The maximum atomic E-state index is 5.32. The van der Waals surface area contributed by atoms with E-state index in [2.05, 4.69) is 203 Å². The molecule has 0 atom stereocenters. The average molecular weight is 822 g/mol. The first-order valence-corrected chi connectivity index (χ1v) is 22.0. The molecule has 9 aromatic carbocycles. The van der Waals surface area contributed by atoms with Gasteiger partial charge in [0.2, 0.25) is 0 Å². The van der Waals surface area contributed by atoms with Gasteiger partial charge in [-0.15, -0.1) is 11.3 Å². The average Bonchev–Trinajstić information content (AvgIpc) is 4.02. The second-order valence-electron chi connectivity index (χ2n) is 16.0. The molecule has 5 nitrogen and oxygen atoms in total. The number of fused-ring (bicyclic) bond motifs is 9. The molecular weight excluding hydrogens is 787 g/mol. The fraction of sp³-hybridized carbons (Fsp3) is 0. The van der Waals surface area contributed by atoms with E-state index >= 15 is 0 Å². The summed E-state index contributed by atoms with van der Waals surface area (Å²) in [4.78, 5) is 15.7. The molecule has 0 saturated carbocycles. The Morgan fingerprint density at radius 3 is 1.54 bits per heavy atom. The maximum absolute atomic E-state index is 5.32. The fourth-order valence-electron chi connectivity index (χ4n) is 9.53. The van der Waals surface area contributed by atoms with Crippen LogP contribution in [0.2, 0.25) is 0 Å². The van der Waals surface area contributed by atoms with Crippen LogP contribution in [0.15, 0.2) is 212 Å². The van der Waals surface area contributed by atoms with Gasteiger partial charge in [-0.2, -0.15) is 0 Å². The monoisotopic (exact) mass is 821 g/mol. The van der Waals surface area contributed by atoms with Crippen molar-refractivity contribution < 1.29 is 0 Å². The lowest BCUT2D eigenvalue weighted by Crippen LogP contribution is -2.02. The first-order chi connectivity index (χ1) is 31.2. The minimum Gasteiger partial charge on any atom is -0.309 e. The van der Waals surface area contributed by atoms with Crippen LogP contribution < -0.4 is 0 Å². The molecule has 13 aromatic rings. The molecule has 0 aliphatic heterocycles. The summed E-state index contributed by atoms with van der Waals surface area (Å²) < 4.78 is 7.32. The molecule has 0 radical (unpaired) electrons. The Hall–Kier alpha value is -8.19. The number of para-hydroxylation sites is 3. The van der Waals surface area contributed by atoms with E-state index in [1.807, 2.05) is 18.2 Å². The van der Waals surface area contributed by atoms with Gasteiger partial charge in [0.05, 0.1) is 27.8 Å². The molecule has 63 heavy (non-hydrogen) atoms. The third-order valence-electron chi connectivity index (χ3n) is 12.3. The number of rotatable bonds is 6. The normalized spacial score (nSPS) is 11.8. The van der Waals surface area contributed by atoms with E-state index in [0.29, 0.717) is 17.5 Å². The van der Waals surface area contributed by atoms with E-state index in [1.54, 1.807) is 11.3 Å². The Kier molecular flexibility index (Phi) is 8.01. The fourth-order valence-corrected chi connectivity index (χ4v) is 10.7. The summed E-state index contributed by atoms with van der Waals surface area (Å²) in [6.45, 7) is 0. The molecule has 0 aliphatic carbocycles. The van der Waals surface area contributed by atoms with Gasteiger partial charge in [-0.1, -0.05) is 152 Å². The summed E-state index contributed by atoms with van der Waals surface area (Å²) in [5, 5.41) is 7.36. The molecule has 4 heterocycles. The summed E-state index contributed by atoms with van der Waals surface area (Å²) in [7, 11) is 0. The van der Waals surface area contributed by atoms with Crippen molar-refractivity contribution >= 4 is 75.1 Å².